The van der Waals surface area contributed by atoms with E-state index in [-0.39, 0.29) is 5.75 Å². The Labute approximate surface area is 91.5 Å². The number of thioether (sulfide) groups is 1. The second kappa shape index (κ2) is 9.38. The third kappa shape index (κ3) is 11.8. The Morgan fingerprint density at radius 1 is 1.21 bits per heavy atom. The highest BCUT2D eigenvalue weighted by Crippen LogP contribution is 2.11. The molecule has 84 valence electrons. The molecule has 0 aromatic carbocycles. The van der Waals surface area contributed by atoms with E-state index in [0.717, 1.165) is 18.1 Å². The lowest BCUT2D eigenvalue weighted by atomic mass is 10.0. The van der Waals surface area contributed by atoms with Gasteiger partial charge >= 0.3 is 5.97 Å². The number of unbranched alkanes of at least 4 members (excludes halogenated alkanes) is 3. The van der Waals surface area contributed by atoms with Crippen molar-refractivity contribution in [1.29, 1.82) is 0 Å². The van der Waals surface area contributed by atoms with Crippen LogP contribution in [0.25, 0.3) is 0 Å². The molecular formula is C11H22O2S. The van der Waals surface area contributed by atoms with E-state index in [2.05, 4.69) is 13.8 Å². The van der Waals surface area contributed by atoms with E-state index in [1.54, 1.807) is 0 Å². The van der Waals surface area contributed by atoms with Crippen molar-refractivity contribution in [3.63, 3.8) is 0 Å². The second-order valence-corrected chi connectivity index (χ2v) is 5.15. The van der Waals surface area contributed by atoms with Crippen LogP contribution in [-0.2, 0) is 4.79 Å². The molecule has 0 aliphatic carbocycles. The van der Waals surface area contributed by atoms with E-state index in [9.17, 15) is 4.79 Å². The van der Waals surface area contributed by atoms with Gasteiger partial charge in [0.2, 0.25) is 0 Å². The number of aliphatic carboxylic acids is 1. The first-order valence-corrected chi connectivity index (χ1v) is 6.58. The van der Waals surface area contributed by atoms with Crippen LogP contribution in [0.2, 0.25) is 0 Å². The third-order valence-electron chi connectivity index (χ3n) is 2.05. The standard InChI is InChI=1S/C11H22O2S/c1-10(2)7-5-3-4-6-8-14-9-11(12)13/h10H,3-9H2,1-2H3,(H,12,13). The van der Waals surface area contributed by atoms with Crippen LogP contribution < -0.4 is 0 Å². The molecule has 3 heteroatoms. The second-order valence-electron chi connectivity index (χ2n) is 4.04. The Hall–Kier alpha value is -0.180. The van der Waals surface area contributed by atoms with Crippen LogP contribution in [0, 0.1) is 5.92 Å². The van der Waals surface area contributed by atoms with Crippen molar-refractivity contribution in [2.45, 2.75) is 46.0 Å². The van der Waals surface area contributed by atoms with E-state index in [1.165, 1.54) is 37.4 Å². The largest absolute Gasteiger partial charge is 0.481 e. The average molecular weight is 218 g/mol. The molecule has 0 aromatic rings. The van der Waals surface area contributed by atoms with Crippen molar-refractivity contribution in [3.05, 3.63) is 0 Å². The molecule has 2 nitrogen and oxygen atoms in total. The first-order valence-electron chi connectivity index (χ1n) is 5.42. The van der Waals surface area contributed by atoms with Gasteiger partial charge in [-0.1, -0.05) is 39.5 Å². The van der Waals surface area contributed by atoms with Crippen molar-refractivity contribution in [2.24, 2.45) is 5.92 Å². The van der Waals surface area contributed by atoms with E-state index in [1.807, 2.05) is 0 Å². The molecule has 0 radical (unpaired) electrons. The number of hydrogen-bond acceptors (Lipinski definition) is 2. The molecule has 0 amide bonds. The Bertz CT molecular complexity index is 146. The maximum Gasteiger partial charge on any atom is 0.313 e. The number of carbonyl (C=O) groups is 1. The molecule has 0 aliphatic heterocycles. The molecule has 14 heavy (non-hydrogen) atoms. The molecule has 0 rings (SSSR count). The minimum Gasteiger partial charge on any atom is -0.481 e. The lowest BCUT2D eigenvalue weighted by Gasteiger charge is -2.03. The fraction of sp³-hybridized carbons (Fsp3) is 0.909. The van der Waals surface area contributed by atoms with Crippen molar-refractivity contribution >= 4 is 17.7 Å². The summed E-state index contributed by atoms with van der Waals surface area (Å²) in [5.41, 5.74) is 0. The monoisotopic (exact) mass is 218 g/mol. The zero-order valence-electron chi connectivity index (χ0n) is 9.29. The molecule has 0 saturated heterocycles. The zero-order valence-corrected chi connectivity index (χ0v) is 10.1. The van der Waals surface area contributed by atoms with Gasteiger partial charge in [0.1, 0.15) is 0 Å². The molecule has 0 spiro atoms. The normalized spacial score (nSPS) is 10.8. The summed E-state index contributed by atoms with van der Waals surface area (Å²) >= 11 is 1.53. The van der Waals surface area contributed by atoms with Gasteiger partial charge in [0.05, 0.1) is 5.75 Å². The summed E-state index contributed by atoms with van der Waals surface area (Å²) in [7, 11) is 0. The van der Waals surface area contributed by atoms with E-state index in [0.29, 0.717) is 0 Å². The van der Waals surface area contributed by atoms with Crippen LogP contribution in [0.5, 0.6) is 0 Å². The number of rotatable bonds is 9. The topological polar surface area (TPSA) is 37.3 Å². The van der Waals surface area contributed by atoms with Gasteiger partial charge in [0.15, 0.2) is 0 Å². The molecule has 0 aliphatic rings. The van der Waals surface area contributed by atoms with Gasteiger partial charge in [-0.05, 0) is 18.1 Å². The van der Waals surface area contributed by atoms with Crippen molar-refractivity contribution in [3.8, 4) is 0 Å². The molecular weight excluding hydrogens is 196 g/mol. The highest BCUT2D eigenvalue weighted by Gasteiger charge is 1.97. The highest BCUT2D eigenvalue weighted by molar-refractivity contribution is 7.99. The van der Waals surface area contributed by atoms with Gasteiger partial charge in [-0.25, -0.2) is 0 Å². The molecule has 0 saturated carbocycles. The number of carboxylic acid groups (broad SMARTS) is 1. The van der Waals surface area contributed by atoms with Gasteiger partial charge in [-0.3, -0.25) is 4.79 Å². The maximum absolute atomic E-state index is 10.2. The molecule has 0 unspecified atom stereocenters. The highest BCUT2D eigenvalue weighted by atomic mass is 32.2. The van der Waals surface area contributed by atoms with Crippen molar-refractivity contribution < 1.29 is 9.90 Å². The van der Waals surface area contributed by atoms with Gasteiger partial charge in [-0.2, -0.15) is 11.8 Å². The fourth-order valence-electron chi connectivity index (χ4n) is 1.27. The smallest absolute Gasteiger partial charge is 0.313 e. The Kier molecular flexibility index (Phi) is 9.26. The van der Waals surface area contributed by atoms with E-state index in [4.69, 9.17) is 5.11 Å². The first kappa shape index (κ1) is 13.8. The van der Waals surface area contributed by atoms with Gasteiger partial charge < -0.3 is 5.11 Å². The zero-order chi connectivity index (χ0) is 10.8. The van der Waals surface area contributed by atoms with Crippen LogP contribution in [0.4, 0.5) is 0 Å². The number of hydrogen-bond donors (Lipinski definition) is 1. The molecule has 0 aromatic heterocycles. The predicted octanol–water partition coefficient (Wildman–Crippen LogP) is 3.41. The Balaban J connectivity index is 2.96. The van der Waals surface area contributed by atoms with Crippen LogP contribution in [0.15, 0.2) is 0 Å². The lowest BCUT2D eigenvalue weighted by Crippen LogP contribution is -1.98. The van der Waals surface area contributed by atoms with Crippen LogP contribution in [0.3, 0.4) is 0 Å². The molecule has 0 heterocycles. The van der Waals surface area contributed by atoms with Gasteiger partial charge in [0.25, 0.3) is 0 Å². The van der Waals surface area contributed by atoms with Crippen molar-refractivity contribution in [2.75, 3.05) is 11.5 Å². The van der Waals surface area contributed by atoms with E-state index < -0.39 is 5.97 Å². The SMILES string of the molecule is CC(C)CCCCCCSCC(=O)O. The summed E-state index contributed by atoms with van der Waals surface area (Å²) in [5, 5.41) is 8.39. The van der Waals surface area contributed by atoms with Crippen LogP contribution >= 0.6 is 11.8 Å². The van der Waals surface area contributed by atoms with Crippen molar-refractivity contribution in [1.82, 2.24) is 0 Å². The van der Waals surface area contributed by atoms with Crippen LogP contribution in [0.1, 0.15) is 46.0 Å². The fourth-order valence-corrected chi connectivity index (χ4v) is 2.00. The predicted molar refractivity (Wildman–Crippen MR) is 62.9 cm³/mol. The van der Waals surface area contributed by atoms with Gasteiger partial charge in [0, 0.05) is 0 Å². The molecule has 1 N–H and O–H groups in total. The summed E-state index contributed by atoms with van der Waals surface area (Å²) in [6.45, 7) is 4.51. The third-order valence-corrected chi connectivity index (χ3v) is 3.07. The average Bonchev–Trinajstić information content (AvgIpc) is 2.08. The van der Waals surface area contributed by atoms with E-state index >= 15 is 0 Å². The molecule has 0 bridgehead atoms. The summed E-state index contributed by atoms with van der Waals surface area (Å²) in [6, 6.07) is 0. The summed E-state index contributed by atoms with van der Waals surface area (Å²) in [4.78, 5) is 10.2. The molecule has 0 atom stereocenters. The van der Waals surface area contributed by atoms with Crippen LogP contribution in [-0.4, -0.2) is 22.6 Å². The molecule has 0 fully saturated rings. The lowest BCUT2D eigenvalue weighted by molar-refractivity contribution is -0.133. The Morgan fingerprint density at radius 3 is 2.43 bits per heavy atom. The quantitative estimate of drug-likeness (QED) is 0.603. The summed E-state index contributed by atoms with van der Waals surface area (Å²) in [6.07, 6.45) is 6.35. The Morgan fingerprint density at radius 2 is 1.86 bits per heavy atom. The number of carboxylic acids is 1. The summed E-state index contributed by atoms with van der Waals surface area (Å²) in [5.74, 6) is 1.37. The van der Waals surface area contributed by atoms with Gasteiger partial charge in [-0.15, -0.1) is 0 Å². The summed E-state index contributed by atoms with van der Waals surface area (Å²) < 4.78 is 0. The minimum absolute atomic E-state index is 0.256. The minimum atomic E-state index is -0.699. The maximum atomic E-state index is 10.2. The first-order chi connectivity index (χ1) is 6.63.